The fourth-order valence-corrected chi connectivity index (χ4v) is 5.93. The van der Waals surface area contributed by atoms with E-state index in [9.17, 15) is 13.6 Å². The van der Waals surface area contributed by atoms with Gasteiger partial charge in [-0.2, -0.15) is 0 Å². The number of hydrogen-bond donors (Lipinski definition) is 2. The molecule has 170 valence electrons. The Labute approximate surface area is 185 Å². The van der Waals surface area contributed by atoms with Crippen LogP contribution in [0.4, 0.5) is 19.3 Å². The number of rotatable bonds is 4. The van der Waals surface area contributed by atoms with E-state index < -0.39 is 17.7 Å². The van der Waals surface area contributed by atoms with Gasteiger partial charge in [0.15, 0.2) is 23.1 Å². The first-order valence-corrected chi connectivity index (χ1v) is 11.0. The third-order valence-electron chi connectivity index (χ3n) is 7.40. The third-order valence-corrected chi connectivity index (χ3v) is 7.40. The molecule has 2 aromatic rings. The van der Waals surface area contributed by atoms with Crippen LogP contribution in [0.2, 0.25) is 0 Å². The number of anilines is 1. The van der Waals surface area contributed by atoms with Crippen molar-refractivity contribution in [2.75, 3.05) is 26.1 Å². The van der Waals surface area contributed by atoms with E-state index in [4.69, 9.17) is 9.47 Å². The minimum atomic E-state index is -0.986. The molecule has 2 fully saturated rings. The molecule has 0 spiro atoms. The first-order valence-electron chi connectivity index (χ1n) is 11.0. The van der Waals surface area contributed by atoms with E-state index in [0.29, 0.717) is 6.04 Å². The summed E-state index contributed by atoms with van der Waals surface area (Å²) < 4.78 is 37.6. The van der Waals surface area contributed by atoms with Crippen molar-refractivity contribution in [2.24, 2.45) is 0 Å². The van der Waals surface area contributed by atoms with Crippen molar-refractivity contribution in [2.45, 2.75) is 49.7 Å². The van der Waals surface area contributed by atoms with Crippen molar-refractivity contribution in [3.05, 3.63) is 53.1 Å². The number of amides is 2. The molecule has 5 rings (SSSR count). The van der Waals surface area contributed by atoms with Gasteiger partial charge in [0.2, 0.25) is 0 Å². The predicted molar refractivity (Wildman–Crippen MR) is 116 cm³/mol. The summed E-state index contributed by atoms with van der Waals surface area (Å²) in [7, 11) is 3.32. The van der Waals surface area contributed by atoms with Crippen LogP contribution >= 0.6 is 0 Å². The van der Waals surface area contributed by atoms with Crippen LogP contribution in [0.5, 0.6) is 11.5 Å². The van der Waals surface area contributed by atoms with Crippen LogP contribution in [0.1, 0.15) is 36.8 Å². The smallest absolute Gasteiger partial charge is 0.319 e. The van der Waals surface area contributed by atoms with Crippen molar-refractivity contribution in [3.63, 3.8) is 0 Å². The molecule has 4 atom stereocenters. The fraction of sp³-hybridized carbons (Fsp3) is 0.458. The second-order valence-corrected chi connectivity index (χ2v) is 8.96. The molecular weight excluding hydrogens is 416 g/mol. The average molecular weight is 443 g/mol. The lowest BCUT2D eigenvalue weighted by atomic mass is 9.62. The van der Waals surface area contributed by atoms with E-state index >= 15 is 0 Å². The minimum absolute atomic E-state index is 0.0146. The molecule has 1 saturated carbocycles. The fourth-order valence-electron chi connectivity index (χ4n) is 5.93. The van der Waals surface area contributed by atoms with Gasteiger partial charge in [0.25, 0.3) is 0 Å². The number of carbonyl (C=O) groups excluding carboxylic acids is 1. The van der Waals surface area contributed by atoms with Gasteiger partial charge in [0.1, 0.15) is 0 Å². The summed E-state index contributed by atoms with van der Waals surface area (Å²) in [5, 5.41) is 5.64. The molecule has 2 amide bonds. The standard InChI is InChI=1S/C24H27F2N3O3/c1-31-20-9-14-13-29-8-7-24(17(14)12-21(20)32-2)6-5-16(11-22(24)29)28-23(30)27-15-3-4-18(25)19(26)10-15/h3-4,9-10,12,16,22H,5-8,11,13H2,1-2H3,(H2,27,28,30). The average Bonchev–Trinajstić information content (AvgIpc) is 3.06. The number of ether oxygens (including phenoxy) is 2. The Hall–Kier alpha value is -2.87. The number of nitrogens with one attached hydrogen (secondary N) is 2. The van der Waals surface area contributed by atoms with E-state index in [2.05, 4.69) is 27.7 Å². The molecule has 2 N–H and O–H groups in total. The first-order chi connectivity index (χ1) is 15.4. The monoisotopic (exact) mass is 443 g/mol. The molecule has 2 aliphatic heterocycles. The number of methoxy groups -OCH3 is 2. The quantitative estimate of drug-likeness (QED) is 0.744. The zero-order valence-electron chi connectivity index (χ0n) is 18.2. The number of urea groups is 1. The van der Waals surface area contributed by atoms with Gasteiger partial charge in [0, 0.05) is 35.8 Å². The van der Waals surface area contributed by atoms with Gasteiger partial charge in [-0.3, -0.25) is 4.90 Å². The minimum Gasteiger partial charge on any atom is -0.493 e. The van der Waals surface area contributed by atoms with Crippen LogP contribution in [0.3, 0.4) is 0 Å². The van der Waals surface area contributed by atoms with Crippen molar-refractivity contribution in [1.82, 2.24) is 10.2 Å². The summed E-state index contributed by atoms with van der Waals surface area (Å²) >= 11 is 0. The highest BCUT2D eigenvalue weighted by atomic mass is 19.2. The molecule has 1 aliphatic carbocycles. The number of nitrogens with zero attached hydrogens (tertiary/aromatic N) is 1. The van der Waals surface area contributed by atoms with Crippen LogP contribution in [0, 0.1) is 11.6 Å². The Balaban J connectivity index is 1.32. The van der Waals surface area contributed by atoms with E-state index in [1.54, 1.807) is 14.2 Å². The van der Waals surface area contributed by atoms with Crippen molar-refractivity contribution in [1.29, 1.82) is 0 Å². The topological polar surface area (TPSA) is 62.8 Å². The van der Waals surface area contributed by atoms with Gasteiger partial charge in [-0.1, -0.05) is 0 Å². The lowest BCUT2D eigenvalue weighted by Crippen LogP contribution is -2.55. The SMILES string of the molecule is COc1cc2c(cc1OC)C13CCC(NC(=O)Nc4ccc(F)c(F)c4)CC1N(CC3)C2. The summed E-state index contributed by atoms with van der Waals surface area (Å²) in [6.07, 6.45) is 3.75. The Morgan fingerprint density at radius 2 is 1.88 bits per heavy atom. The van der Waals surface area contributed by atoms with Gasteiger partial charge >= 0.3 is 6.03 Å². The van der Waals surface area contributed by atoms with E-state index in [1.165, 1.54) is 17.2 Å². The Morgan fingerprint density at radius 3 is 2.62 bits per heavy atom. The molecule has 32 heavy (non-hydrogen) atoms. The van der Waals surface area contributed by atoms with Crippen molar-refractivity contribution >= 4 is 11.7 Å². The highest BCUT2D eigenvalue weighted by molar-refractivity contribution is 5.89. The predicted octanol–water partition coefficient (Wildman–Crippen LogP) is 4.18. The van der Waals surface area contributed by atoms with Crippen LogP contribution in [0.15, 0.2) is 30.3 Å². The Kier molecular flexibility index (Phi) is 5.20. The number of halogens is 2. The van der Waals surface area contributed by atoms with Gasteiger partial charge in [-0.25, -0.2) is 13.6 Å². The molecule has 0 radical (unpaired) electrons. The molecule has 2 bridgehead atoms. The van der Waals surface area contributed by atoms with Crippen LogP contribution in [-0.2, 0) is 12.0 Å². The number of carbonyl (C=O) groups is 1. The van der Waals surface area contributed by atoms with Crippen molar-refractivity contribution in [3.8, 4) is 11.5 Å². The Bertz CT molecular complexity index is 1060. The lowest BCUT2D eigenvalue weighted by molar-refractivity contribution is 0.114. The molecular formula is C24H27F2N3O3. The van der Waals surface area contributed by atoms with E-state index in [1.807, 2.05) is 0 Å². The number of fused-ring (bicyclic) bond motifs is 1. The third kappa shape index (κ3) is 3.37. The van der Waals surface area contributed by atoms with Gasteiger partial charge in [0.05, 0.1) is 14.2 Å². The van der Waals surface area contributed by atoms with E-state index in [-0.39, 0.29) is 17.1 Å². The van der Waals surface area contributed by atoms with E-state index in [0.717, 1.165) is 62.4 Å². The first kappa shape index (κ1) is 21.0. The van der Waals surface area contributed by atoms with Crippen LogP contribution in [0.25, 0.3) is 0 Å². The maximum atomic E-state index is 13.4. The second-order valence-electron chi connectivity index (χ2n) is 8.96. The molecule has 1 saturated heterocycles. The maximum Gasteiger partial charge on any atom is 0.319 e. The molecule has 3 aliphatic rings. The zero-order valence-corrected chi connectivity index (χ0v) is 18.2. The number of benzene rings is 2. The normalized spacial score (nSPS) is 27.8. The molecule has 2 heterocycles. The highest BCUT2D eigenvalue weighted by Gasteiger charge is 2.55. The zero-order chi connectivity index (χ0) is 22.5. The van der Waals surface area contributed by atoms with Crippen molar-refractivity contribution < 1.29 is 23.0 Å². The summed E-state index contributed by atoms with van der Waals surface area (Å²) in [5.41, 5.74) is 2.92. The molecule has 2 aromatic carbocycles. The number of hydrogen-bond acceptors (Lipinski definition) is 4. The van der Waals surface area contributed by atoms with Gasteiger partial charge in [-0.05, 0) is 67.6 Å². The highest BCUT2D eigenvalue weighted by Crippen LogP contribution is 2.55. The molecule has 6 nitrogen and oxygen atoms in total. The lowest BCUT2D eigenvalue weighted by Gasteiger charge is -2.49. The summed E-state index contributed by atoms with van der Waals surface area (Å²) in [4.78, 5) is 15.0. The summed E-state index contributed by atoms with van der Waals surface area (Å²) in [6.45, 7) is 1.88. The van der Waals surface area contributed by atoms with Crippen LogP contribution in [-0.4, -0.2) is 43.8 Å². The van der Waals surface area contributed by atoms with Gasteiger partial charge < -0.3 is 20.1 Å². The second kappa shape index (κ2) is 7.92. The Morgan fingerprint density at radius 1 is 1.09 bits per heavy atom. The molecule has 0 aromatic heterocycles. The summed E-state index contributed by atoms with van der Waals surface area (Å²) in [5.74, 6) is -0.415. The maximum absolute atomic E-state index is 13.4. The molecule has 4 unspecified atom stereocenters. The largest absolute Gasteiger partial charge is 0.493 e. The van der Waals surface area contributed by atoms with Crippen LogP contribution < -0.4 is 20.1 Å². The van der Waals surface area contributed by atoms with Gasteiger partial charge in [-0.15, -0.1) is 0 Å². The summed E-state index contributed by atoms with van der Waals surface area (Å²) in [6, 6.07) is 7.54. The molecule has 8 heteroatoms.